The molecule has 3 atom stereocenters. The predicted octanol–water partition coefficient (Wildman–Crippen LogP) is 4.19. The van der Waals surface area contributed by atoms with Gasteiger partial charge in [0.1, 0.15) is 0 Å². The molecule has 0 aliphatic carbocycles. The first kappa shape index (κ1) is 20.5. The minimum absolute atomic E-state index is 0. The van der Waals surface area contributed by atoms with Crippen molar-refractivity contribution in [1.29, 1.82) is 0 Å². The van der Waals surface area contributed by atoms with Crippen LogP contribution in [0, 0.1) is 5.92 Å². The second kappa shape index (κ2) is 9.20. The molecule has 0 aromatic heterocycles. The van der Waals surface area contributed by atoms with Gasteiger partial charge in [-0.05, 0) is 23.0 Å². The van der Waals surface area contributed by atoms with E-state index in [2.05, 4.69) is 38.1 Å². The first-order chi connectivity index (χ1) is 12.1. The van der Waals surface area contributed by atoms with Gasteiger partial charge in [-0.2, -0.15) is 0 Å². The molecule has 0 radical (unpaired) electrons. The lowest BCUT2D eigenvalue weighted by molar-refractivity contribution is -0.130. The van der Waals surface area contributed by atoms with Crippen LogP contribution in [0.1, 0.15) is 43.2 Å². The molecule has 140 valence electrons. The lowest BCUT2D eigenvalue weighted by Gasteiger charge is -2.24. The number of nitrogens with two attached hydrogens (primary N) is 1. The van der Waals surface area contributed by atoms with Gasteiger partial charge >= 0.3 is 0 Å². The third-order valence-electron chi connectivity index (χ3n) is 5.37. The molecule has 1 aliphatic heterocycles. The summed E-state index contributed by atoms with van der Waals surface area (Å²) < 4.78 is 0. The van der Waals surface area contributed by atoms with Gasteiger partial charge in [-0.3, -0.25) is 4.79 Å². The van der Waals surface area contributed by atoms with Crippen molar-refractivity contribution in [2.75, 3.05) is 13.1 Å². The van der Waals surface area contributed by atoms with Gasteiger partial charge < -0.3 is 10.6 Å². The monoisotopic (exact) mass is 372 g/mol. The number of nitrogens with zero attached hydrogens (tertiary/aromatic N) is 1. The zero-order valence-electron chi connectivity index (χ0n) is 15.5. The standard InChI is InChI=1S/C22H28N2O.ClH/c1-16(2)19(17-9-5-3-6-10-17)13-22(25)24-14-20(21(23)15-24)18-11-7-4-8-12-18;/h3-12,16,19-21H,13-15,23H2,1-2H3;1H/t19?,20-,21+;/m0./s1. The number of carbonyl (C=O) groups is 1. The first-order valence-corrected chi connectivity index (χ1v) is 9.19. The molecule has 1 amide bonds. The molecule has 0 saturated carbocycles. The zero-order valence-corrected chi connectivity index (χ0v) is 16.4. The summed E-state index contributed by atoms with van der Waals surface area (Å²) >= 11 is 0. The van der Waals surface area contributed by atoms with Crippen molar-refractivity contribution in [2.45, 2.75) is 38.1 Å². The van der Waals surface area contributed by atoms with Gasteiger partial charge in [0.05, 0.1) is 0 Å². The van der Waals surface area contributed by atoms with Gasteiger partial charge in [-0.15, -0.1) is 12.4 Å². The highest BCUT2D eigenvalue weighted by Gasteiger charge is 2.34. The highest BCUT2D eigenvalue weighted by molar-refractivity contribution is 5.85. The van der Waals surface area contributed by atoms with Crippen molar-refractivity contribution in [3.05, 3.63) is 71.8 Å². The Bertz CT molecular complexity index is 690. The summed E-state index contributed by atoms with van der Waals surface area (Å²) in [6, 6.07) is 20.7. The van der Waals surface area contributed by atoms with Crippen LogP contribution in [0.25, 0.3) is 0 Å². The Hall–Kier alpha value is -1.84. The fourth-order valence-electron chi connectivity index (χ4n) is 3.84. The summed E-state index contributed by atoms with van der Waals surface area (Å²) in [6.07, 6.45) is 0.551. The second-order valence-corrected chi connectivity index (χ2v) is 7.45. The van der Waals surface area contributed by atoms with E-state index < -0.39 is 0 Å². The molecule has 1 heterocycles. The molecule has 4 heteroatoms. The molecule has 0 bridgehead atoms. The van der Waals surface area contributed by atoms with Gasteiger partial charge in [-0.25, -0.2) is 0 Å². The molecular formula is C22H29ClN2O. The summed E-state index contributed by atoms with van der Waals surface area (Å²) in [5, 5.41) is 0. The fourth-order valence-corrected chi connectivity index (χ4v) is 3.84. The third kappa shape index (κ3) is 4.66. The van der Waals surface area contributed by atoms with E-state index in [0.717, 1.165) is 6.54 Å². The zero-order chi connectivity index (χ0) is 17.8. The Morgan fingerprint density at radius 2 is 1.62 bits per heavy atom. The van der Waals surface area contributed by atoms with Crippen LogP contribution < -0.4 is 5.73 Å². The van der Waals surface area contributed by atoms with Crippen LogP contribution in [-0.2, 0) is 4.79 Å². The van der Waals surface area contributed by atoms with E-state index in [1.165, 1.54) is 11.1 Å². The van der Waals surface area contributed by atoms with E-state index in [1.807, 2.05) is 41.3 Å². The maximum Gasteiger partial charge on any atom is 0.223 e. The SMILES string of the molecule is CC(C)C(CC(=O)N1C[C@@H](N)[C@H](c2ccccc2)C1)c1ccccc1.Cl. The Labute approximate surface area is 163 Å². The fraction of sp³-hybridized carbons (Fsp3) is 0.409. The summed E-state index contributed by atoms with van der Waals surface area (Å²) in [5.41, 5.74) is 8.82. The molecule has 0 spiro atoms. The molecule has 1 saturated heterocycles. The number of likely N-dealkylation sites (tertiary alicyclic amines) is 1. The van der Waals surface area contributed by atoms with Crippen LogP contribution in [0.4, 0.5) is 0 Å². The lowest BCUT2D eigenvalue weighted by atomic mass is 9.85. The number of carbonyl (C=O) groups excluding carboxylic acids is 1. The smallest absolute Gasteiger partial charge is 0.223 e. The molecule has 3 nitrogen and oxygen atoms in total. The number of rotatable bonds is 5. The Kier molecular flexibility index (Phi) is 7.24. The van der Waals surface area contributed by atoms with E-state index in [4.69, 9.17) is 5.73 Å². The van der Waals surface area contributed by atoms with Gasteiger partial charge in [-0.1, -0.05) is 74.5 Å². The maximum atomic E-state index is 12.9. The summed E-state index contributed by atoms with van der Waals surface area (Å²) in [5.74, 6) is 1.13. The molecule has 1 unspecified atom stereocenters. The van der Waals surface area contributed by atoms with Crippen LogP contribution in [-0.4, -0.2) is 29.9 Å². The van der Waals surface area contributed by atoms with E-state index in [1.54, 1.807) is 0 Å². The van der Waals surface area contributed by atoms with Crippen LogP contribution >= 0.6 is 12.4 Å². The van der Waals surface area contributed by atoms with Gasteiger partial charge in [0.15, 0.2) is 0 Å². The largest absolute Gasteiger partial charge is 0.340 e. The van der Waals surface area contributed by atoms with E-state index >= 15 is 0 Å². The number of amides is 1. The number of halogens is 1. The number of benzene rings is 2. The molecule has 2 N–H and O–H groups in total. The molecule has 3 rings (SSSR count). The molecule has 1 aliphatic rings. The highest BCUT2D eigenvalue weighted by Crippen LogP contribution is 2.31. The molecular weight excluding hydrogens is 344 g/mol. The van der Waals surface area contributed by atoms with Crippen molar-refractivity contribution in [3.8, 4) is 0 Å². The second-order valence-electron chi connectivity index (χ2n) is 7.45. The Morgan fingerprint density at radius 3 is 2.19 bits per heavy atom. The van der Waals surface area contributed by atoms with E-state index in [-0.39, 0.29) is 36.2 Å². The van der Waals surface area contributed by atoms with Crippen LogP contribution in [0.2, 0.25) is 0 Å². The Morgan fingerprint density at radius 1 is 1.04 bits per heavy atom. The summed E-state index contributed by atoms with van der Waals surface area (Å²) in [7, 11) is 0. The molecule has 2 aromatic carbocycles. The van der Waals surface area contributed by atoms with Crippen molar-refractivity contribution >= 4 is 18.3 Å². The summed E-state index contributed by atoms with van der Waals surface area (Å²) in [6.45, 7) is 5.75. The average molecular weight is 373 g/mol. The van der Waals surface area contributed by atoms with Gasteiger partial charge in [0.2, 0.25) is 5.91 Å². The minimum Gasteiger partial charge on any atom is -0.340 e. The van der Waals surface area contributed by atoms with E-state index in [0.29, 0.717) is 18.9 Å². The van der Waals surface area contributed by atoms with Crippen LogP contribution in [0.15, 0.2) is 60.7 Å². The third-order valence-corrected chi connectivity index (χ3v) is 5.37. The molecule has 2 aromatic rings. The minimum atomic E-state index is 0. The van der Waals surface area contributed by atoms with Crippen molar-refractivity contribution < 1.29 is 4.79 Å². The van der Waals surface area contributed by atoms with Crippen LogP contribution in [0.3, 0.4) is 0 Å². The topological polar surface area (TPSA) is 46.3 Å². The normalized spacial score (nSPS) is 20.7. The highest BCUT2D eigenvalue weighted by atomic mass is 35.5. The van der Waals surface area contributed by atoms with Crippen molar-refractivity contribution in [2.24, 2.45) is 11.7 Å². The van der Waals surface area contributed by atoms with Crippen molar-refractivity contribution in [1.82, 2.24) is 4.90 Å². The average Bonchev–Trinajstić information content (AvgIpc) is 3.02. The number of hydrogen-bond donors (Lipinski definition) is 1. The maximum absolute atomic E-state index is 12.9. The number of hydrogen-bond acceptors (Lipinski definition) is 2. The first-order valence-electron chi connectivity index (χ1n) is 9.19. The quantitative estimate of drug-likeness (QED) is 0.855. The molecule has 1 fully saturated rings. The van der Waals surface area contributed by atoms with E-state index in [9.17, 15) is 4.79 Å². The van der Waals surface area contributed by atoms with Crippen molar-refractivity contribution in [3.63, 3.8) is 0 Å². The van der Waals surface area contributed by atoms with Crippen LogP contribution in [0.5, 0.6) is 0 Å². The van der Waals surface area contributed by atoms with Gasteiger partial charge in [0.25, 0.3) is 0 Å². The summed E-state index contributed by atoms with van der Waals surface area (Å²) in [4.78, 5) is 14.9. The lowest BCUT2D eigenvalue weighted by Crippen LogP contribution is -2.33. The predicted molar refractivity (Wildman–Crippen MR) is 110 cm³/mol. The molecule has 26 heavy (non-hydrogen) atoms. The van der Waals surface area contributed by atoms with Gasteiger partial charge in [0, 0.05) is 31.5 Å². The Balaban J connectivity index is 0.00000243.